The zero-order valence-electron chi connectivity index (χ0n) is 16.6. The molecule has 144 valence electrons. The van der Waals surface area contributed by atoms with Crippen molar-refractivity contribution in [2.75, 3.05) is 26.7 Å². The highest BCUT2D eigenvalue weighted by Gasteiger charge is 2.34. The van der Waals surface area contributed by atoms with Gasteiger partial charge < -0.3 is 10.1 Å². The molecule has 1 saturated heterocycles. The molecule has 1 amide bonds. The van der Waals surface area contributed by atoms with Crippen LogP contribution >= 0.6 is 0 Å². The van der Waals surface area contributed by atoms with Gasteiger partial charge in [-0.3, -0.25) is 9.69 Å². The van der Waals surface area contributed by atoms with Crippen LogP contribution in [0.25, 0.3) is 0 Å². The molecule has 26 heavy (non-hydrogen) atoms. The Balaban J connectivity index is 1.70. The zero-order valence-corrected chi connectivity index (χ0v) is 16.6. The first-order chi connectivity index (χ1) is 12.5. The van der Waals surface area contributed by atoms with Crippen molar-refractivity contribution in [2.45, 2.75) is 63.8 Å². The van der Waals surface area contributed by atoms with Gasteiger partial charge in [-0.1, -0.05) is 25.0 Å². The molecular formula is C22H34N2O2. The fourth-order valence-corrected chi connectivity index (χ4v) is 4.59. The fraction of sp³-hybridized carbons (Fsp3) is 0.682. The molecule has 1 heterocycles. The first kappa shape index (κ1) is 19.2. The first-order valence-electron chi connectivity index (χ1n) is 10.2. The number of methoxy groups -OCH3 is 1. The van der Waals surface area contributed by atoms with Gasteiger partial charge in [0.2, 0.25) is 5.91 Å². The molecule has 1 N–H and O–H groups in total. The summed E-state index contributed by atoms with van der Waals surface area (Å²) in [5.74, 6) is 1.44. The molecule has 1 unspecified atom stereocenters. The number of rotatable bonds is 7. The molecule has 1 aromatic carbocycles. The third-order valence-corrected chi connectivity index (χ3v) is 6.29. The second-order valence-electron chi connectivity index (χ2n) is 8.52. The van der Waals surface area contributed by atoms with Crippen LogP contribution in [0.5, 0.6) is 5.75 Å². The van der Waals surface area contributed by atoms with Crippen LogP contribution in [0, 0.1) is 5.92 Å². The molecule has 1 aliphatic carbocycles. The Morgan fingerprint density at radius 2 is 1.77 bits per heavy atom. The number of likely N-dealkylation sites (tertiary alicyclic amines) is 1. The zero-order chi connectivity index (χ0) is 18.6. The van der Waals surface area contributed by atoms with Crippen molar-refractivity contribution < 1.29 is 9.53 Å². The number of hydrogen-bond acceptors (Lipinski definition) is 3. The van der Waals surface area contributed by atoms with E-state index < -0.39 is 0 Å². The van der Waals surface area contributed by atoms with Gasteiger partial charge >= 0.3 is 0 Å². The van der Waals surface area contributed by atoms with Gasteiger partial charge in [-0.25, -0.2) is 0 Å². The maximum atomic E-state index is 13.2. The molecule has 2 aliphatic rings. The van der Waals surface area contributed by atoms with Crippen LogP contribution in [0.3, 0.4) is 0 Å². The van der Waals surface area contributed by atoms with Crippen LogP contribution in [-0.4, -0.2) is 43.1 Å². The van der Waals surface area contributed by atoms with Crippen LogP contribution in [0.2, 0.25) is 0 Å². The highest BCUT2D eigenvalue weighted by Crippen LogP contribution is 2.38. The lowest BCUT2D eigenvalue weighted by Gasteiger charge is -2.36. The summed E-state index contributed by atoms with van der Waals surface area (Å²) in [7, 11) is 1.68. The Kier molecular flexibility index (Phi) is 6.23. The Hall–Kier alpha value is -1.55. The summed E-state index contributed by atoms with van der Waals surface area (Å²) in [6.07, 6.45) is 7.33. The van der Waals surface area contributed by atoms with Crippen molar-refractivity contribution in [3.8, 4) is 5.75 Å². The lowest BCUT2D eigenvalue weighted by Crippen LogP contribution is -2.51. The van der Waals surface area contributed by atoms with E-state index in [4.69, 9.17) is 4.74 Å². The smallest absolute Gasteiger partial charge is 0.227 e. The van der Waals surface area contributed by atoms with Crippen molar-refractivity contribution in [2.24, 2.45) is 5.92 Å². The van der Waals surface area contributed by atoms with E-state index in [-0.39, 0.29) is 17.4 Å². The number of benzene rings is 1. The summed E-state index contributed by atoms with van der Waals surface area (Å²) in [5.41, 5.74) is 1.14. The maximum absolute atomic E-state index is 13.2. The van der Waals surface area contributed by atoms with Crippen LogP contribution < -0.4 is 10.1 Å². The molecule has 1 saturated carbocycles. The third-order valence-electron chi connectivity index (χ3n) is 6.29. The van der Waals surface area contributed by atoms with Gasteiger partial charge in [0.05, 0.1) is 13.0 Å². The number of ether oxygens (including phenoxy) is 1. The summed E-state index contributed by atoms with van der Waals surface area (Å²) in [6, 6.07) is 8.07. The summed E-state index contributed by atoms with van der Waals surface area (Å²) >= 11 is 0. The highest BCUT2D eigenvalue weighted by atomic mass is 16.5. The van der Waals surface area contributed by atoms with Crippen molar-refractivity contribution in [3.63, 3.8) is 0 Å². The number of carbonyl (C=O) groups is 1. The van der Waals surface area contributed by atoms with E-state index in [1.165, 1.54) is 25.7 Å². The van der Waals surface area contributed by atoms with Crippen LogP contribution in [0.4, 0.5) is 0 Å². The fourth-order valence-electron chi connectivity index (χ4n) is 4.59. The molecule has 2 fully saturated rings. The van der Waals surface area contributed by atoms with E-state index in [9.17, 15) is 4.79 Å². The Morgan fingerprint density at radius 1 is 1.15 bits per heavy atom. The van der Waals surface area contributed by atoms with E-state index >= 15 is 0 Å². The number of carbonyl (C=O) groups excluding carboxylic acids is 1. The number of nitrogens with zero attached hydrogens (tertiary/aromatic N) is 1. The average molecular weight is 359 g/mol. The first-order valence-corrected chi connectivity index (χ1v) is 10.2. The van der Waals surface area contributed by atoms with E-state index in [0.29, 0.717) is 12.5 Å². The van der Waals surface area contributed by atoms with Crippen molar-refractivity contribution in [1.82, 2.24) is 10.2 Å². The predicted octanol–water partition coefficient (Wildman–Crippen LogP) is 3.96. The summed E-state index contributed by atoms with van der Waals surface area (Å²) in [4.78, 5) is 15.7. The minimum atomic E-state index is -0.0437. The standard InChI is InChI=1S/C22H34N2O2/c1-22(2,24-14-6-7-15-24)16-23-21(25)20(17-8-4-5-9-17)18-10-12-19(26-3)13-11-18/h10-13,17,20H,4-9,14-16H2,1-3H3,(H,23,25). The molecule has 0 radical (unpaired) electrons. The van der Waals surface area contributed by atoms with E-state index in [0.717, 1.165) is 37.2 Å². The quantitative estimate of drug-likeness (QED) is 0.802. The van der Waals surface area contributed by atoms with E-state index in [2.05, 4.69) is 36.2 Å². The number of amides is 1. The Morgan fingerprint density at radius 3 is 2.35 bits per heavy atom. The molecule has 0 bridgehead atoms. The second-order valence-corrected chi connectivity index (χ2v) is 8.52. The van der Waals surface area contributed by atoms with Gasteiger partial charge in [0.25, 0.3) is 0 Å². The van der Waals surface area contributed by atoms with Gasteiger partial charge in [-0.05, 0) is 76.2 Å². The van der Waals surface area contributed by atoms with E-state index in [1.54, 1.807) is 7.11 Å². The van der Waals surface area contributed by atoms with Gasteiger partial charge in [0.1, 0.15) is 5.75 Å². The number of nitrogens with one attached hydrogen (secondary N) is 1. The molecule has 3 rings (SSSR count). The highest BCUT2D eigenvalue weighted by molar-refractivity contribution is 5.84. The lowest BCUT2D eigenvalue weighted by molar-refractivity contribution is -0.124. The number of hydrogen-bond donors (Lipinski definition) is 1. The molecular weight excluding hydrogens is 324 g/mol. The Labute approximate surface area is 158 Å². The lowest BCUT2D eigenvalue weighted by atomic mass is 9.84. The third kappa shape index (κ3) is 4.40. The molecule has 1 aliphatic heterocycles. The van der Waals surface area contributed by atoms with Gasteiger partial charge in [0, 0.05) is 12.1 Å². The summed E-state index contributed by atoms with van der Waals surface area (Å²) in [6.45, 7) is 7.50. The average Bonchev–Trinajstić information content (AvgIpc) is 3.35. The predicted molar refractivity (Wildman–Crippen MR) is 106 cm³/mol. The summed E-state index contributed by atoms with van der Waals surface area (Å²) in [5, 5.41) is 3.29. The topological polar surface area (TPSA) is 41.6 Å². The molecule has 4 nitrogen and oxygen atoms in total. The minimum absolute atomic E-state index is 0.0201. The van der Waals surface area contributed by atoms with E-state index in [1.807, 2.05) is 12.1 Å². The van der Waals surface area contributed by atoms with Gasteiger partial charge in [-0.2, -0.15) is 0 Å². The van der Waals surface area contributed by atoms with Crippen molar-refractivity contribution in [1.29, 1.82) is 0 Å². The molecule has 0 aromatic heterocycles. The van der Waals surface area contributed by atoms with Crippen LogP contribution in [0.15, 0.2) is 24.3 Å². The second kappa shape index (κ2) is 8.43. The van der Waals surface area contributed by atoms with Crippen molar-refractivity contribution >= 4 is 5.91 Å². The minimum Gasteiger partial charge on any atom is -0.497 e. The molecule has 1 atom stereocenters. The maximum Gasteiger partial charge on any atom is 0.227 e. The monoisotopic (exact) mass is 358 g/mol. The SMILES string of the molecule is COc1ccc(C(C(=O)NCC(C)(C)N2CCCC2)C2CCCC2)cc1. The van der Waals surface area contributed by atoms with Crippen LogP contribution in [-0.2, 0) is 4.79 Å². The van der Waals surface area contributed by atoms with Crippen LogP contribution in [0.1, 0.15) is 63.9 Å². The molecule has 1 aromatic rings. The normalized spacial score (nSPS) is 20.3. The van der Waals surface area contributed by atoms with Gasteiger partial charge in [0.15, 0.2) is 0 Å². The molecule has 4 heteroatoms. The largest absolute Gasteiger partial charge is 0.497 e. The Bertz CT molecular complexity index is 585. The summed E-state index contributed by atoms with van der Waals surface area (Å²) < 4.78 is 5.28. The van der Waals surface area contributed by atoms with Gasteiger partial charge in [-0.15, -0.1) is 0 Å². The molecule has 0 spiro atoms. The van der Waals surface area contributed by atoms with Crippen molar-refractivity contribution in [3.05, 3.63) is 29.8 Å².